The van der Waals surface area contributed by atoms with Crippen molar-refractivity contribution in [2.45, 2.75) is 26.4 Å². The molecule has 1 heterocycles. The fourth-order valence-corrected chi connectivity index (χ4v) is 5.63. The second kappa shape index (κ2) is 11.2. The molecule has 3 rings (SSSR count). The van der Waals surface area contributed by atoms with Crippen LogP contribution >= 0.6 is 30.5 Å². The predicted octanol–water partition coefficient (Wildman–Crippen LogP) is 6.41. The van der Waals surface area contributed by atoms with Gasteiger partial charge in [0.2, 0.25) is 12.7 Å². The zero-order valence-corrected chi connectivity index (χ0v) is 21.9. The molecule has 2 aromatic carbocycles. The van der Waals surface area contributed by atoms with E-state index in [4.69, 9.17) is 20.9 Å². The summed E-state index contributed by atoms with van der Waals surface area (Å²) in [7, 11) is -4.81. The maximum atomic E-state index is 13.9. The van der Waals surface area contributed by atoms with Crippen molar-refractivity contribution in [3.8, 4) is 0 Å². The van der Waals surface area contributed by atoms with E-state index < -0.39 is 54.5 Å². The third-order valence-electron chi connectivity index (χ3n) is 4.95. The van der Waals surface area contributed by atoms with Crippen LogP contribution in [0.5, 0.6) is 0 Å². The van der Waals surface area contributed by atoms with Crippen molar-refractivity contribution in [3.63, 3.8) is 0 Å². The van der Waals surface area contributed by atoms with Crippen LogP contribution in [0, 0.1) is 17.0 Å². The molecular formula is C24H23ClF2NO6PS. The van der Waals surface area contributed by atoms with Gasteiger partial charge in [-0.1, -0.05) is 17.7 Å². The molecule has 0 aliphatic heterocycles. The highest BCUT2D eigenvalue weighted by molar-refractivity contribution is 7.54. The Balaban J connectivity index is 1.91. The molecule has 0 radical (unpaired) electrons. The summed E-state index contributed by atoms with van der Waals surface area (Å²) in [5.74, 6) is -3.37. The van der Waals surface area contributed by atoms with E-state index in [1.807, 2.05) is 0 Å². The average molecular weight is 558 g/mol. The molecule has 2 N–H and O–H groups in total. The van der Waals surface area contributed by atoms with E-state index >= 15 is 0 Å². The van der Waals surface area contributed by atoms with Crippen LogP contribution < -0.4 is 5.32 Å². The molecule has 3 aromatic rings. The number of nitrogens with one attached hydrogen (secondary N) is 1. The first kappa shape index (κ1) is 28.0. The highest BCUT2D eigenvalue weighted by Gasteiger charge is 2.42. The summed E-state index contributed by atoms with van der Waals surface area (Å²) in [6.45, 7) is 3.91. The maximum absolute atomic E-state index is 13.9. The van der Waals surface area contributed by atoms with Crippen LogP contribution in [-0.4, -0.2) is 23.6 Å². The van der Waals surface area contributed by atoms with Gasteiger partial charge in [0.15, 0.2) is 5.66 Å². The molecule has 0 aliphatic rings. The molecule has 0 saturated carbocycles. The minimum atomic E-state index is -4.81. The van der Waals surface area contributed by atoms with Gasteiger partial charge in [-0.3, -0.25) is 18.7 Å². The number of fused-ring (bicyclic) bond motifs is 1. The summed E-state index contributed by atoms with van der Waals surface area (Å²) in [6.07, 6.45) is 1.94. The van der Waals surface area contributed by atoms with Crippen LogP contribution in [0.3, 0.4) is 0 Å². The van der Waals surface area contributed by atoms with Crippen molar-refractivity contribution in [2.24, 2.45) is 5.41 Å². The van der Waals surface area contributed by atoms with Crippen molar-refractivity contribution >= 4 is 58.6 Å². The molecule has 0 aliphatic carbocycles. The number of esters is 1. The van der Waals surface area contributed by atoms with E-state index in [1.54, 1.807) is 32.9 Å². The van der Waals surface area contributed by atoms with Gasteiger partial charge in [0.05, 0.1) is 5.41 Å². The maximum Gasteiger partial charge on any atom is 0.347 e. The summed E-state index contributed by atoms with van der Waals surface area (Å²) in [4.78, 5) is 35.9. The van der Waals surface area contributed by atoms with Crippen LogP contribution in [0.2, 0.25) is 5.02 Å². The molecular weight excluding hydrogens is 535 g/mol. The lowest BCUT2D eigenvalue weighted by atomic mass is 9.98. The van der Waals surface area contributed by atoms with Gasteiger partial charge in [-0.25, -0.2) is 8.78 Å². The number of benzene rings is 2. The number of ether oxygens (including phenoxy) is 1. The van der Waals surface area contributed by atoms with Crippen molar-refractivity contribution in [1.82, 2.24) is 5.32 Å². The summed E-state index contributed by atoms with van der Waals surface area (Å²) >= 11 is 7.30. The normalized spacial score (nSPS) is 14.5. The molecule has 1 aromatic heterocycles. The first-order valence-corrected chi connectivity index (χ1v) is 13.4. The smallest absolute Gasteiger partial charge is 0.347 e. The largest absolute Gasteiger partial charge is 0.438 e. The fourth-order valence-electron chi connectivity index (χ4n) is 3.10. The van der Waals surface area contributed by atoms with Gasteiger partial charge in [0.25, 0.3) is 0 Å². The molecule has 1 amide bonds. The molecule has 192 valence electrons. The highest BCUT2D eigenvalue weighted by atomic mass is 35.5. The molecule has 0 fully saturated rings. The lowest BCUT2D eigenvalue weighted by Crippen LogP contribution is -2.27. The van der Waals surface area contributed by atoms with Gasteiger partial charge in [-0.15, -0.1) is 11.3 Å². The Kier molecular flexibility index (Phi) is 8.69. The standard InChI is InChI=1S/C24H23ClF2NO6PS/c1-24(2,3)23(30)33-13-34-35(31,32)21(17-12-36-20-8-7-14(25)11-16(17)20)22(29)28-10-9-15-18(26)5-4-6-19(15)27/h4-12,21H,13H2,1-3H3,(H,28,29)(H,31,32)/b10-9+. The fraction of sp³-hybridized carbons (Fsp3) is 0.250. The third-order valence-corrected chi connectivity index (χ3v) is 7.81. The van der Waals surface area contributed by atoms with Crippen LogP contribution in [0.15, 0.2) is 48.0 Å². The second-order valence-electron chi connectivity index (χ2n) is 8.70. The number of rotatable bonds is 8. The first-order chi connectivity index (χ1) is 16.8. The third kappa shape index (κ3) is 6.57. The Morgan fingerprint density at radius 3 is 2.53 bits per heavy atom. The molecule has 7 nitrogen and oxygen atoms in total. The van der Waals surface area contributed by atoms with Gasteiger partial charge in [-0.05, 0) is 73.5 Å². The molecule has 2 unspecified atom stereocenters. The number of hydrogen-bond donors (Lipinski definition) is 2. The number of thiophene rings is 1. The molecule has 12 heteroatoms. The highest BCUT2D eigenvalue weighted by Crippen LogP contribution is 2.58. The van der Waals surface area contributed by atoms with E-state index in [0.717, 1.165) is 24.4 Å². The zero-order chi connectivity index (χ0) is 26.7. The van der Waals surface area contributed by atoms with E-state index in [2.05, 4.69) is 5.32 Å². The first-order valence-electron chi connectivity index (χ1n) is 10.5. The van der Waals surface area contributed by atoms with Crippen LogP contribution in [0.25, 0.3) is 16.2 Å². The van der Waals surface area contributed by atoms with Gasteiger partial charge < -0.3 is 14.9 Å². The van der Waals surface area contributed by atoms with Gasteiger partial charge >= 0.3 is 13.6 Å². The Bertz CT molecular complexity index is 1350. The van der Waals surface area contributed by atoms with E-state index in [9.17, 15) is 27.8 Å². The lowest BCUT2D eigenvalue weighted by molar-refractivity contribution is -0.159. The number of amides is 1. The molecule has 0 saturated heterocycles. The van der Waals surface area contributed by atoms with E-state index in [0.29, 0.717) is 15.1 Å². The summed E-state index contributed by atoms with van der Waals surface area (Å²) in [6, 6.07) is 8.14. The van der Waals surface area contributed by atoms with Crippen molar-refractivity contribution in [3.05, 3.63) is 75.8 Å². The average Bonchev–Trinajstić information content (AvgIpc) is 3.17. The van der Waals surface area contributed by atoms with Gasteiger partial charge in [0, 0.05) is 21.5 Å². The van der Waals surface area contributed by atoms with Crippen molar-refractivity contribution in [1.29, 1.82) is 0 Å². The van der Waals surface area contributed by atoms with Crippen LogP contribution in [0.4, 0.5) is 8.78 Å². The van der Waals surface area contributed by atoms with Crippen LogP contribution in [0.1, 0.15) is 37.6 Å². The molecule has 2 atom stereocenters. The minimum Gasteiger partial charge on any atom is -0.438 e. The summed E-state index contributed by atoms with van der Waals surface area (Å²) in [5.41, 5.74) is -2.91. The van der Waals surface area contributed by atoms with Crippen LogP contribution in [-0.2, 0) is 23.4 Å². The lowest BCUT2D eigenvalue weighted by Gasteiger charge is -2.22. The Hall–Kier alpha value is -2.62. The SMILES string of the molecule is CC(C)(C)C(=O)OCOP(=O)(O)C(C(=O)N/C=C/c1c(F)cccc1F)c1csc2ccc(Cl)cc12. The Labute approximate surface area is 215 Å². The number of carbonyl (C=O) groups is 2. The van der Waals surface area contributed by atoms with Gasteiger partial charge in [-0.2, -0.15) is 0 Å². The Morgan fingerprint density at radius 2 is 1.89 bits per heavy atom. The number of halogens is 3. The summed E-state index contributed by atoms with van der Waals surface area (Å²) < 4.78 is 51.7. The number of carbonyl (C=O) groups excluding carboxylic acids is 2. The topological polar surface area (TPSA) is 102 Å². The minimum absolute atomic E-state index is 0.147. The predicted molar refractivity (Wildman–Crippen MR) is 134 cm³/mol. The van der Waals surface area contributed by atoms with E-state index in [1.165, 1.54) is 28.8 Å². The number of hydrogen-bond acceptors (Lipinski definition) is 6. The van der Waals surface area contributed by atoms with Gasteiger partial charge in [0.1, 0.15) is 11.6 Å². The molecule has 0 spiro atoms. The quantitative estimate of drug-likeness (QED) is 0.188. The monoisotopic (exact) mass is 557 g/mol. The Morgan fingerprint density at radius 1 is 1.22 bits per heavy atom. The molecule has 0 bridgehead atoms. The molecule has 36 heavy (non-hydrogen) atoms. The second-order valence-corrected chi connectivity index (χ2v) is 12.0. The van der Waals surface area contributed by atoms with E-state index in [-0.39, 0.29) is 5.56 Å². The van der Waals surface area contributed by atoms with Crippen molar-refractivity contribution in [2.75, 3.05) is 6.79 Å². The summed E-state index contributed by atoms with van der Waals surface area (Å²) in [5, 5.41) is 4.58. The van der Waals surface area contributed by atoms with Crippen molar-refractivity contribution < 1.29 is 37.1 Å². The zero-order valence-electron chi connectivity index (χ0n) is 19.5.